The summed E-state index contributed by atoms with van der Waals surface area (Å²) in [4.78, 5) is 27.6. The van der Waals surface area contributed by atoms with E-state index in [2.05, 4.69) is 5.92 Å². The third kappa shape index (κ3) is 4.77. The van der Waals surface area contributed by atoms with Crippen molar-refractivity contribution < 1.29 is 19.8 Å². The van der Waals surface area contributed by atoms with Crippen LogP contribution in [0, 0.1) is 12.3 Å². The molecular formula is C12H19N3O4. The fourth-order valence-electron chi connectivity index (χ4n) is 1.97. The molecule has 1 aliphatic heterocycles. The van der Waals surface area contributed by atoms with Crippen molar-refractivity contribution >= 4 is 12.0 Å². The zero-order valence-electron chi connectivity index (χ0n) is 10.8. The molecule has 7 heteroatoms. The molecule has 0 radical (unpaired) electrons. The van der Waals surface area contributed by atoms with Crippen LogP contribution < -0.4 is 0 Å². The summed E-state index contributed by atoms with van der Waals surface area (Å²) in [5.41, 5.74) is 0. The largest absolute Gasteiger partial charge is 0.480 e. The predicted octanol–water partition coefficient (Wildman–Crippen LogP) is -1.26. The Morgan fingerprint density at radius 1 is 1.26 bits per heavy atom. The second kappa shape index (κ2) is 7.61. The summed E-state index contributed by atoms with van der Waals surface area (Å²) in [5.74, 6) is 1.21. The van der Waals surface area contributed by atoms with E-state index in [0.717, 1.165) is 4.90 Å². The molecule has 0 saturated carbocycles. The van der Waals surface area contributed by atoms with Gasteiger partial charge in [0.05, 0.1) is 13.2 Å². The SMILES string of the molecule is C#CCN(CC(=O)O)C(=O)N1CCN(CCO)CC1. The molecule has 1 heterocycles. The molecule has 1 rings (SSSR count). The van der Waals surface area contributed by atoms with Crippen LogP contribution >= 0.6 is 0 Å². The van der Waals surface area contributed by atoms with Crippen LogP contribution in [-0.4, -0.2) is 89.3 Å². The highest BCUT2D eigenvalue weighted by Gasteiger charge is 2.25. The number of aliphatic hydroxyl groups is 1. The minimum absolute atomic E-state index is 0.0119. The van der Waals surface area contributed by atoms with Crippen LogP contribution in [0.3, 0.4) is 0 Å². The van der Waals surface area contributed by atoms with Crippen LogP contribution in [0.2, 0.25) is 0 Å². The number of nitrogens with zero attached hydrogens (tertiary/aromatic N) is 3. The van der Waals surface area contributed by atoms with Gasteiger partial charge in [-0.2, -0.15) is 0 Å². The summed E-state index contributed by atoms with van der Waals surface area (Å²) in [7, 11) is 0. The van der Waals surface area contributed by atoms with E-state index in [4.69, 9.17) is 16.6 Å². The number of aliphatic hydroxyl groups excluding tert-OH is 1. The molecule has 2 N–H and O–H groups in total. The number of carboxylic acids is 1. The number of hydrogen-bond acceptors (Lipinski definition) is 4. The average molecular weight is 269 g/mol. The monoisotopic (exact) mass is 269 g/mol. The summed E-state index contributed by atoms with van der Waals surface area (Å²) in [6.07, 6.45) is 5.14. The highest BCUT2D eigenvalue weighted by atomic mass is 16.4. The summed E-state index contributed by atoms with van der Waals surface area (Å²) < 4.78 is 0. The lowest BCUT2D eigenvalue weighted by Crippen LogP contribution is -2.54. The number of β-amino-alcohol motifs (C(OH)–C–C–N with tert-alkyl or cyclic N) is 1. The van der Waals surface area contributed by atoms with Gasteiger partial charge in [-0.3, -0.25) is 9.69 Å². The van der Waals surface area contributed by atoms with Gasteiger partial charge < -0.3 is 20.0 Å². The molecule has 0 spiro atoms. The molecule has 7 nitrogen and oxygen atoms in total. The molecule has 0 aromatic rings. The Morgan fingerprint density at radius 2 is 1.89 bits per heavy atom. The highest BCUT2D eigenvalue weighted by Crippen LogP contribution is 2.05. The summed E-state index contributed by atoms with van der Waals surface area (Å²) in [5, 5.41) is 17.6. The first-order chi connectivity index (χ1) is 9.08. The second-order valence-corrected chi connectivity index (χ2v) is 4.29. The topological polar surface area (TPSA) is 84.3 Å². The van der Waals surface area contributed by atoms with Gasteiger partial charge in [-0.1, -0.05) is 5.92 Å². The highest BCUT2D eigenvalue weighted by molar-refractivity contribution is 5.80. The van der Waals surface area contributed by atoms with Crippen molar-refractivity contribution in [1.82, 2.24) is 14.7 Å². The maximum absolute atomic E-state index is 12.1. The van der Waals surface area contributed by atoms with Gasteiger partial charge in [0.2, 0.25) is 0 Å². The molecule has 1 aliphatic rings. The number of terminal acetylenes is 1. The van der Waals surface area contributed by atoms with Crippen molar-refractivity contribution in [2.24, 2.45) is 0 Å². The van der Waals surface area contributed by atoms with Crippen molar-refractivity contribution in [3.63, 3.8) is 0 Å². The normalized spacial score (nSPS) is 15.9. The minimum atomic E-state index is -1.08. The molecule has 1 fully saturated rings. The van der Waals surface area contributed by atoms with E-state index in [9.17, 15) is 9.59 Å². The van der Waals surface area contributed by atoms with Crippen LogP contribution in [0.15, 0.2) is 0 Å². The number of piperazine rings is 1. The zero-order chi connectivity index (χ0) is 14.3. The quantitative estimate of drug-likeness (QED) is 0.608. The third-order valence-corrected chi connectivity index (χ3v) is 2.94. The molecule has 0 bridgehead atoms. The van der Waals surface area contributed by atoms with Gasteiger partial charge in [0, 0.05) is 32.7 Å². The second-order valence-electron chi connectivity index (χ2n) is 4.29. The average Bonchev–Trinajstić information content (AvgIpc) is 2.38. The van der Waals surface area contributed by atoms with E-state index in [1.807, 2.05) is 4.90 Å². The molecular weight excluding hydrogens is 250 g/mol. The van der Waals surface area contributed by atoms with Crippen molar-refractivity contribution in [3.05, 3.63) is 0 Å². The van der Waals surface area contributed by atoms with Crippen LogP contribution in [-0.2, 0) is 4.79 Å². The fraction of sp³-hybridized carbons (Fsp3) is 0.667. The molecule has 0 aromatic carbocycles. The van der Waals surface area contributed by atoms with Gasteiger partial charge in [-0.05, 0) is 0 Å². The molecule has 19 heavy (non-hydrogen) atoms. The fourth-order valence-corrected chi connectivity index (χ4v) is 1.97. The van der Waals surface area contributed by atoms with Crippen molar-refractivity contribution in [3.8, 4) is 12.3 Å². The number of amides is 2. The zero-order valence-corrected chi connectivity index (χ0v) is 10.8. The van der Waals surface area contributed by atoms with Crippen LogP contribution in [0.25, 0.3) is 0 Å². The summed E-state index contributed by atoms with van der Waals surface area (Å²) >= 11 is 0. The molecule has 2 amide bonds. The molecule has 1 saturated heterocycles. The van der Waals surface area contributed by atoms with Gasteiger partial charge >= 0.3 is 12.0 Å². The van der Waals surface area contributed by atoms with E-state index in [-0.39, 0.29) is 25.7 Å². The summed E-state index contributed by atoms with van der Waals surface area (Å²) in [6, 6.07) is -0.344. The number of aliphatic carboxylic acids is 1. The van der Waals surface area contributed by atoms with Crippen LogP contribution in [0.4, 0.5) is 4.79 Å². The maximum Gasteiger partial charge on any atom is 0.323 e. The Labute approximate surface area is 112 Å². The van der Waals surface area contributed by atoms with Crippen molar-refractivity contribution in [1.29, 1.82) is 0 Å². The van der Waals surface area contributed by atoms with Gasteiger partial charge in [0.15, 0.2) is 0 Å². The van der Waals surface area contributed by atoms with Gasteiger partial charge in [-0.25, -0.2) is 4.79 Å². The Hall–Kier alpha value is -1.78. The van der Waals surface area contributed by atoms with Crippen LogP contribution in [0.1, 0.15) is 0 Å². The van der Waals surface area contributed by atoms with Gasteiger partial charge in [0.1, 0.15) is 6.54 Å². The Morgan fingerprint density at radius 3 is 2.37 bits per heavy atom. The van der Waals surface area contributed by atoms with E-state index >= 15 is 0 Å². The lowest BCUT2D eigenvalue weighted by Gasteiger charge is -2.36. The lowest BCUT2D eigenvalue weighted by atomic mass is 10.3. The third-order valence-electron chi connectivity index (χ3n) is 2.94. The predicted molar refractivity (Wildman–Crippen MR) is 68.5 cm³/mol. The van der Waals surface area contributed by atoms with Crippen molar-refractivity contribution in [2.75, 3.05) is 52.4 Å². The van der Waals surface area contributed by atoms with Gasteiger partial charge in [0.25, 0.3) is 0 Å². The molecule has 0 unspecified atom stereocenters. The van der Waals surface area contributed by atoms with Gasteiger partial charge in [-0.15, -0.1) is 6.42 Å². The van der Waals surface area contributed by atoms with E-state index in [1.165, 1.54) is 0 Å². The van der Waals surface area contributed by atoms with Crippen molar-refractivity contribution in [2.45, 2.75) is 0 Å². The number of carbonyl (C=O) groups is 2. The first-order valence-electron chi connectivity index (χ1n) is 6.10. The molecule has 0 atom stereocenters. The number of carbonyl (C=O) groups excluding carboxylic acids is 1. The maximum atomic E-state index is 12.1. The number of hydrogen-bond donors (Lipinski definition) is 2. The first kappa shape index (κ1) is 15.3. The Kier molecular flexibility index (Phi) is 6.12. The lowest BCUT2D eigenvalue weighted by molar-refractivity contribution is -0.137. The first-order valence-corrected chi connectivity index (χ1v) is 6.10. The van der Waals surface area contributed by atoms with Crippen LogP contribution in [0.5, 0.6) is 0 Å². The van der Waals surface area contributed by atoms with E-state index in [1.54, 1.807) is 4.90 Å². The Bertz CT molecular complexity index is 358. The molecule has 0 aromatic heterocycles. The number of carboxylic acid groups (broad SMARTS) is 1. The smallest absolute Gasteiger partial charge is 0.323 e. The van der Waals surface area contributed by atoms with E-state index < -0.39 is 5.97 Å². The minimum Gasteiger partial charge on any atom is -0.480 e. The number of rotatable bonds is 5. The standard InChI is InChI=1S/C12H19N3O4/c1-2-3-15(10-11(17)18)12(19)14-6-4-13(5-7-14)8-9-16/h1,16H,3-10H2,(H,17,18). The molecule has 0 aliphatic carbocycles. The Balaban J connectivity index is 2.52. The van der Waals surface area contributed by atoms with E-state index in [0.29, 0.717) is 32.7 Å². The summed E-state index contributed by atoms with van der Waals surface area (Å²) in [6.45, 7) is 2.65. The number of urea groups is 1. The molecule has 106 valence electrons.